The van der Waals surface area contributed by atoms with Crippen molar-refractivity contribution in [1.29, 1.82) is 0 Å². The van der Waals surface area contributed by atoms with Crippen LogP contribution in [0.4, 0.5) is 20.6 Å². The molecule has 2 aromatic carbocycles. The number of amides is 4. The Bertz CT molecular complexity index is 1030. The second-order valence-electron chi connectivity index (χ2n) is 6.14. The lowest BCUT2D eigenvalue weighted by Gasteiger charge is -2.28. The van der Waals surface area contributed by atoms with Gasteiger partial charge in [-0.15, -0.1) is 0 Å². The Balaban J connectivity index is 1.91. The van der Waals surface area contributed by atoms with Crippen molar-refractivity contribution in [2.45, 2.75) is 6.92 Å². The first-order chi connectivity index (χ1) is 13.8. The van der Waals surface area contributed by atoms with Gasteiger partial charge in [-0.05, 0) is 48.9 Å². The summed E-state index contributed by atoms with van der Waals surface area (Å²) in [6, 6.07) is 8.51. The van der Waals surface area contributed by atoms with Crippen LogP contribution in [-0.4, -0.2) is 37.1 Å². The molecule has 0 saturated carbocycles. The minimum atomic E-state index is -1.38. The summed E-state index contributed by atoms with van der Waals surface area (Å²) >= 11 is 0. The Kier molecular flexibility index (Phi) is 5.49. The first-order valence-electron chi connectivity index (χ1n) is 8.50. The van der Waals surface area contributed by atoms with Crippen LogP contribution in [0.3, 0.4) is 0 Å². The number of barbiturate groups is 1. The molecule has 148 valence electrons. The Morgan fingerprint density at radius 1 is 1.17 bits per heavy atom. The zero-order valence-corrected chi connectivity index (χ0v) is 15.5. The van der Waals surface area contributed by atoms with E-state index in [1.54, 1.807) is 25.1 Å². The lowest BCUT2D eigenvalue weighted by Crippen LogP contribution is -2.58. The molecule has 0 radical (unpaired) electrons. The number of nitrogens with one attached hydrogen (secondary N) is 1. The van der Waals surface area contributed by atoms with Crippen LogP contribution in [0.15, 0.2) is 47.5 Å². The highest BCUT2D eigenvalue weighted by molar-refractivity contribution is 6.32. The maximum Gasteiger partial charge on any atom is 0.338 e. The second kappa shape index (κ2) is 8.01. The summed E-state index contributed by atoms with van der Waals surface area (Å²) in [5.74, 6) is -4.11. The lowest BCUT2D eigenvalue weighted by molar-refractivity contribution is -0.131. The third-order valence-corrected chi connectivity index (χ3v) is 4.36. The fourth-order valence-electron chi connectivity index (χ4n) is 2.81. The SMILES string of the molecule is COC(=O)c1cccc(N=CC2C(=O)NC(=O)N(c3ccc(F)cc3)C2=O)c1C. The van der Waals surface area contributed by atoms with Gasteiger partial charge in [0.2, 0.25) is 5.91 Å². The fourth-order valence-corrected chi connectivity index (χ4v) is 2.81. The molecule has 9 heteroatoms. The number of hydrogen-bond donors (Lipinski definition) is 1. The number of benzene rings is 2. The maximum absolute atomic E-state index is 13.1. The number of carbonyl (C=O) groups excluding carboxylic acids is 4. The topological polar surface area (TPSA) is 105 Å². The minimum Gasteiger partial charge on any atom is -0.465 e. The molecule has 1 heterocycles. The summed E-state index contributed by atoms with van der Waals surface area (Å²) in [5, 5.41) is 2.08. The molecular weight excluding hydrogens is 381 g/mol. The zero-order valence-electron chi connectivity index (χ0n) is 15.5. The lowest BCUT2D eigenvalue weighted by atomic mass is 10.0. The summed E-state index contributed by atoms with van der Waals surface area (Å²) < 4.78 is 17.8. The van der Waals surface area contributed by atoms with Gasteiger partial charge in [-0.1, -0.05) is 6.07 Å². The van der Waals surface area contributed by atoms with Gasteiger partial charge in [-0.25, -0.2) is 18.9 Å². The number of carbonyl (C=O) groups is 4. The summed E-state index contributed by atoms with van der Waals surface area (Å²) in [4.78, 5) is 53.7. The number of rotatable bonds is 4. The first-order valence-corrected chi connectivity index (χ1v) is 8.50. The quantitative estimate of drug-likeness (QED) is 0.485. The summed E-state index contributed by atoms with van der Waals surface area (Å²) in [7, 11) is 1.25. The van der Waals surface area contributed by atoms with Gasteiger partial charge >= 0.3 is 12.0 Å². The van der Waals surface area contributed by atoms with Crippen LogP contribution in [0.2, 0.25) is 0 Å². The number of esters is 1. The number of nitrogens with zero attached hydrogens (tertiary/aromatic N) is 2. The number of anilines is 1. The predicted octanol–water partition coefficient (Wildman–Crippen LogP) is 2.52. The first kappa shape index (κ1) is 19.9. The van der Waals surface area contributed by atoms with Gasteiger partial charge < -0.3 is 4.74 Å². The Hall–Kier alpha value is -3.88. The van der Waals surface area contributed by atoms with Gasteiger partial charge in [0.15, 0.2) is 5.92 Å². The molecule has 0 aromatic heterocycles. The molecule has 0 spiro atoms. The number of aliphatic imine (C=N–C) groups is 1. The number of urea groups is 1. The summed E-state index contributed by atoms with van der Waals surface area (Å²) in [6.07, 6.45) is 1.10. The van der Waals surface area contributed by atoms with Crippen molar-refractivity contribution in [3.05, 3.63) is 59.4 Å². The number of hydrogen-bond acceptors (Lipinski definition) is 6. The number of ether oxygens (including phenoxy) is 1. The van der Waals surface area contributed by atoms with Crippen LogP contribution >= 0.6 is 0 Å². The Morgan fingerprint density at radius 3 is 2.52 bits per heavy atom. The molecule has 1 unspecified atom stereocenters. The van der Waals surface area contributed by atoms with Gasteiger partial charge in [0.05, 0.1) is 24.0 Å². The van der Waals surface area contributed by atoms with Gasteiger partial charge in [0, 0.05) is 6.21 Å². The van der Waals surface area contributed by atoms with E-state index in [-0.39, 0.29) is 5.69 Å². The molecule has 1 N–H and O–H groups in total. The summed E-state index contributed by atoms with van der Waals surface area (Å²) in [5.41, 5.74) is 1.28. The molecule has 4 amide bonds. The van der Waals surface area contributed by atoms with E-state index in [1.807, 2.05) is 0 Å². The van der Waals surface area contributed by atoms with Crippen LogP contribution in [0.5, 0.6) is 0 Å². The van der Waals surface area contributed by atoms with Gasteiger partial charge in [-0.2, -0.15) is 0 Å². The number of methoxy groups -OCH3 is 1. The van der Waals surface area contributed by atoms with E-state index < -0.39 is 35.5 Å². The second-order valence-corrected chi connectivity index (χ2v) is 6.14. The largest absolute Gasteiger partial charge is 0.465 e. The van der Waals surface area contributed by atoms with Crippen LogP contribution in [-0.2, 0) is 14.3 Å². The van der Waals surface area contributed by atoms with Crippen molar-refractivity contribution in [3.63, 3.8) is 0 Å². The molecule has 1 aliphatic rings. The van der Waals surface area contributed by atoms with Crippen LogP contribution in [0, 0.1) is 18.7 Å². The van der Waals surface area contributed by atoms with E-state index in [9.17, 15) is 23.6 Å². The smallest absolute Gasteiger partial charge is 0.338 e. The van der Waals surface area contributed by atoms with Crippen LogP contribution < -0.4 is 10.2 Å². The van der Waals surface area contributed by atoms with Crippen LogP contribution in [0.25, 0.3) is 0 Å². The van der Waals surface area contributed by atoms with Crippen molar-refractivity contribution in [3.8, 4) is 0 Å². The molecule has 0 bridgehead atoms. The van der Waals surface area contributed by atoms with Gasteiger partial charge in [0.1, 0.15) is 5.82 Å². The fraction of sp³-hybridized carbons (Fsp3) is 0.150. The maximum atomic E-state index is 13.1. The standard InChI is InChI=1S/C20H16FN3O5/c1-11-14(19(27)29-2)4-3-5-16(11)22-10-15-17(25)23-20(28)24(18(15)26)13-8-6-12(21)7-9-13/h3-10,15H,1-2H3,(H,23,25,28). The van der Waals surface area contributed by atoms with Crippen molar-refractivity contribution in [2.75, 3.05) is 12.0 Å². The van der Waals surface area contributed by atoms with E-state index in [0.717, 1.165) is 23.2 Å². The Labute approximate surface area is 165 Å². The van der Waals surface area contributed by atoms with Crippen molar-refractivity contribution < 1.29 is 28.3 Å². The van der Waals surface area contributed by atoms with Gasteiger partial charge in [0.25, 0.3) is 5.91 Å². The van der Waals surface area contributed by atoms with E-state index >= 15 is 0 Å². The molecule has 29 heavy (non-hydrogen) atoms. The summed E-state index contributed by atoms with van der Waals surface area (Å²) in [6.45, 7) is 1.65. The molecule has 1 saturated heterocycles. The van der Waals surface area contributed by atoms with Crippen molar-refractivity contribution in [2.24, 2.45) is 10.9 Å². The third-order valence-electron chi connectivity index (χ3n) is 4.36. The average Bonchev–Trinajstić information content (AvgIpc) is 2.69. The molecular formula is C20H16FN3O5. The minimum absolute atomic E-state index is 0.115. The predicted molar refractivity (Wildman–Crippen MR) is 102 cm³/mol. The molecule has 1 aliphatic heterocycles. The monoisotopic (exact) mass is 397 g/mol. The normalized spacial score (nSPS) is 16.9. The van der Waals surface area contributed by atoms with Crippen LogP contribution in [0.1, 0.15) is 15.9 Å². The highest BCUT2D eigenvalue weighted by Crippen LogP contribution is 2.24. The molecule has 1 fully saturated rings. The number of halogens is 1. The molecule has 2 aromatic rings. The molecule has 3 rings (SSSR count). The highest BCUT2D eigenvalue weighted by Gasteiger charge is 2.40. The number of imide groups is 2. The third kappa shape index (κ3) is 3.88. The average molecular weight is 397 g/mol. The van der Waals surface area contributed by atoms with E-state index in [0.29, 0.717) is 16.8 Å². The highest BCUT2D eigenvalue weighted by atomic mass is 19.1. The van der Waals surface area contributed by atoms with Crippen molar-refractivity contribution in [1.82, 2.24) is 5.32 Å². The molecule has 0 aliphatic carbocycles. The Morgan fingerprint density at radius 2 is 1.86 bits per heavy atom. The van der Waals surface area contributed by atoms with Gasteiger partial charge in [-0.3, -0.25) is 19.9 Å². The van der Waals surface area contributed by atoms with E-state index in [2.05, 4.69) is 10.3 Å². The molecule has 8 nitrogen and oxygen atoms in total. The zero-order chi connectivity index (χ0) is 21.1. The van der Waals surface area contributed by atoms with E-state index in [1.165, 1.54) is 19.2 Å². The molecule has 1 atom stereocenters. The van der Waals surface area contributed by atoms with E-state index in [4.69, 9.17) is 4.74 Å². The van der Waals surface area contributed by atoms with Crippen molar-refractivity contribution >= 4 is 41.4 Å².